The van der Waals surface area contributed by atoms with E-state index in [1.165, 1.54) is 11.8 Å². The number of carbonyl (C=O) groups excluding carboxylic acids is 1. The summed E-state index contributed by atoms with van der Waals surface area (Å²) in [5, 5.41) is 11.2. The van der Waals surface area contributed by atoms with Gasteiger partial charge in [0.05, 0.1) is 12.2 Å². The van der Waals surface area contributed by atoms with Gasteiger partial charge in [0.25, 0.3) is 0 Å². The fourth-order valence-corrected chi connectivity index (χ4v) is 1.67. The van der Waals surface area contributed by atoms with Crippen LogP contribution in [-0.2, 0) is 9.59 Å². The first-order valence-electron chi connectivity index (χ1n) is 4.54. The van der Waals surface area contributed by atoms with Crippen molar-refractivity contribution in [1.29, 1.82) is 0 Å². The maximum atomic E-state index is 11.2. The normalized spacial score (nSPS) is 12.6. The molecule has 0 aromatic carbocycles. The molecule has 0 heterocycles. The van der Waals surface area contributed by atoms with Crippen molar-refractivity contribution in [3.63, 3.8) is 0 Å². The van der Waals surface area contributed by atoms with E-state index in [1.807, 2.05) is 13.8 Å². The number of hydrogen-bond donors (Lipinski definition) is 2. The summed E-state index contributed by atoms with van der Waals surface area (Å²) >= 11 is 1.36. The van der Waals surface area contributed by atoms with Gasteiger partial charge in [-0.1, -0.05) is 6.92 Å². The van der Waals surface area contributed by atoms with Gasteiger partial charge in [0, 0.05) is 11.3 Å². The molecule has 14 heavy (non-hydrogen) atoms. The van der Waals surface area contributed by atoms with Gasteiger partial charge in [0.15, 0.2) is 0 Å². The lowest BCUT2D eigenvalue weighted by Gasteiger charge is -2.10. The van der Waals surface area contributed by atoms with E-state index in [4.69, 9.17) is 5.11 Å². The number of amides is 1. The van der Waals surface area contributed by atoms with Crippen LogP contribution in [0.15, 0.2) is 0 Å². The van der Waals surface area contributed by atoms with E-state index < -0.39 is 5.97 Å². The monoisotopic (exact) mass is 219 g/mol. The van der Waals surface area contributed by atoms with E-state index in [0.29, 0.717) is 5.75 Å². The lowest BCUT2D eigenvalue weighted by atomic mass is 10.3. The molecular weight excluding hydrogens is 202 g/mol. The molecule has 5 heteroatoms. The highest BCUT2D eigenvalue weighted by Crippen LogP contribution is 2.13. The molecule has 0 aliphatic rings. The SMILES string of the molecule is CC(C)NC(=O)CSC(C)CC(=O)O. The summed E-state index contributed by atoms with van der Waals surface area (Å²) in [6.07, 6.45) is 0.0969. The fourth-order valence-electron chi connectivity index (χ4n) is 0.886. The largest absolute Gasteiger partial charge is 0.481 e. The van der Waals surface area contributed by atoms with Gasteiger partial charge < -0.3 is 10.4 Å². The van der Waals surface area contributed by atoms with Crippen LogP contribution in [-0.4, -0.2) is 34.0 Å². The number of aliphatic carboxylic acids is 1. The third-order valence-electron chi connectivity index (χ3n) is 1.41. The van der Waals surface area contributed by atoms with Crippen LogP contribution in [0.5, 0.6) is 0 Å². The first-order chi connectivity index (χ1) is 6.41. The smallest absolute Gasteiger partial charge is 0.304 e. The van der Waals surface area contributed by atoms with Crippen LogP contribution in [0.25, 0.3) is 0 Å². The van der Waals surface area contributed by atoms with E-state index in [-0.39, 0.29) is 23.6 Å². The van der Waals surface area contributed by atoms with Crippen LogP contribution in [0, 0.1) is 0 Å². The Labute approximate surface area is 88.4 Å². The van der Waals surface area contributed by atoms with Crippen LogP contribution in [0.1, 0.15) is 27.2 Å². The summed E-state index contributed by atoms with van der Waals surface area (Å²) in [5.74, 6) is -0.538. The number of hydrogen-bond acceptors (Lipinski definition) is 3. The Hall–Kier alpha value is -0.710. The molecule has 0 spiro atoms. The van der Waals surface area contributed by atoms with Crippen molar-refractivity contribution in [3.05, 3.63) is 0 Å². The summed E-state index contributed by atoms with van der Waals surface area (Å²) in [5.41, 5.74) is 0. The minimum absolute atomic E-state index is 0.0228. The van der Waals surface area contributed by atoms with Crippen molar-refractivity contribution < 1.29 is 14.7 Å². The van der Waals surface area contributed by atoms with E-state index in [0.717, 1.165) is 0 Å². The number of nitrogens with one attached hydrogen (secondary N) is 1. The zero-order valence-corrected chi connectivity index (χ0v) is 9.56. The van der Waals surface area contributed by atoms with Crippen molar-refractivity contribution in [1.82, 2.24) is 5.32 Å². The molecule has 1 unspecified atom stereocenters. The molecule has 0 radical (unpaired) electrons. The van der Waals surface area contributed by atoms with Crippen LogP contribution in [0.2, 0.25) is 0 Å². The maximum Gasteiger partial charge on any atom is 0.304 e. The zero-order valence-electron chi connectivity index (χ0n) is 8.74. The number of rotatable bonds is 6. The van der Waals surface area contributed by atoms with Crippen molar-refractivity contribution in [3.8, 4) is 0 Å². The Morgan fingerprint density at radius 3 is 2.36 bits per heavy atom. The minimum atomic E-state index is -0.825. The lowest BCUT2D eigenvalue weighted by Crippen LogP contribution is -2.32. The molecule has 0 aromatic heterocycles. The van der Waals surface area contributed by atoms with Gasteiger partial charge in [-0.25, -0.2) is 0 Å². The molecule has 1 amide bonds. The molecule has 0 rings (SSSR count). The van der Waals surface area contributed by atoms with E-state index >= 15 is 0 Å². The van der Waals surface area contributed by atoms with Crippen molar-refractivity contribution in [2.45, 2.75) is 38.5 Å². The third-order valence-corrected chi connectivity index (χ3v) is 2.58. The van der Waals surface area contributed by atoms with Crippen molar-refractivity contribution in [2.24, 2.45) is 0 Å². The quantitative estimate of drug-likeness (QED) is 0.702. The molecule has 0 fully saturated rings. The van der Waals surface area contributed by atoms with Gasteiger partial charge in [0.2, 0.25) is 5.91 Å². The summed E-state index contributed by atoms with van der Waals surface area (Å²) in [6, 6.07) is 0.137. The van der Waals surface area contributed by atoms with Crippen LogP contribution in [0.4, 0.5) is 0 Å². The molecular formula is C9H17NO3S. The summed E-state index contributed by atoms with van der Waals surface area (Å²) in [7, 11) is 0. The number of carboxylic acid groups (broad SMARTS) is 1. The van der Waals surface area contributed by atoms with Gasteiger partial charge in [-0.15, -0.1) is 11.8 Å². The molecule has 82 valence electrons. The second-order valence-corrected chi connectivity index (χ2v) is 4.87. The highest BCUT2D eigenvalue weighted by molar-refractivity contribution is 8.00. The second kappa shape index (κ2) is 6.70. The number of thioether (sulfide) groups is 1. The van der Waals surface area contributed by atoms with Gasteiger partial charge >= 0.3 is 5.97 Å². The van der Waals surface area contributed by atoms with Gasteiger partial charge in [-0.05, 0) is 13.8 Å². The van der Waals surface area contributed by atoms with Gasteiger partial charge in [0.1, 0.15) is 0 Å². The van der Waals surface area contributed by atoms with E-state index in [2.05, 4.69) is 5.32 Å². The molecule has 0 saturated heterocycles. The topological polar surface area (TPSA) is 66.4 Å². The Balaban J connectivity index is 3.61. The lowest BCUT2D eigenvalue weighted by molar-refractivity contribution is -0.136. The average Bonchev–Trinajstić information content (AvgIpc) is 1.98. The summed E-state index contributed by atoms with van der Waals surface area (Å²) in [6.45, 7) is 5.59. The average molecular weight is 219 g/mol. The molecule has 4 nitrogen and oxygen atoms in total. The number of carboxylic acids is 1. The zero-order chi connectivity index (χ0) is 11.1. The highest BCUT2D eigenvalue weighted by Gasteiger charge is 2.10. The Bertz CT molecular complexity index is 206. The first-order valence-corrected chi connectivity index (χ1v) is 5.59. The Morgan fingerprint density at radius 1 is 1.36 bits per heavy atom. The molecule has 0 bridgehead atoms. The van der Waals surface area contributed by atoms with Gasteiger partial charge in [-0.3, -0.25) is 9.59 Å². The van der Waals surface area contributed by atoms with Crippen molar-refractivity contribution >= 4 is 23.6 Å². The molecule has 0 aliphatic heterocycles. The maximum absolute atomic E-state index is 11.2. The van der Waals surface area contributed by atoms with E-state index in [9.17, 15) is 9.59 Å². The van der Waals surface area contributed by atoms with Crippen molar-refractivity contribution in [2.75, 3.05) is 5.75 Å². The predicted octanol–water partition coefficient (Wildman–Crippen LogP) is 1.11. The summed E-state index contributed by atoms with van der Waals surface area (Å²) < 4.78 is 0. The predicted molar refractivity (Wildman–Crippen MR) is 57.5 cm³/mol. The first kappa shape index (κ1) is 13.3. The standard InChI is InChI=1S/C9H17NO3S/c1-6(2)10-8(11)5-14-7(3)4-9(12)13/h6-7H,4-5H2,1-3H3,(H,10,11)(H,12,13). The second-order valence-electron chi connectivity index (χ2n) is 3.44. The van der Waals surface area contributed by atoms with Crippen LogP contribution in [0.3, 0.4) is 0 Å². The third kappa shape index (κ3) is 7.91. The Morgan fingerprint density at radius 2 is 1.93 bits per heavy atom. The molecule has 0 saturated carbocycles. The van der Waals surface area contributed by atoms with Crippen LogP contribution < -0.4 is 5.32 Å². The molecule has 2 N–H and O–H groups in total. The fraction of sp³-hybridized carbons (Fsp3) is 0.778. The van der Waals surface area contributed by atoms with Gasteiger partial charge in [-0.2, -0.15) is 0 Å². The Kier molecular flexibility index (Phi) is 6.36. The molecule has 1 atom stereocenters. The summed E-state index contributed by atoms with van der Waals surface area (Å²) in [4.78, 5) is 21.5. The number of carbonyl (C=O) groups is 2. The van der Waals surface area contributed by atoms with E-state index in [1.54, 1.807) is 6.92 Å². The molecule has 0 aliphatic carbocycles. The highest BCUT2D eigenvalue weighted by atomic mass is 32.2. The minimum Gasteiger partial charge on any atom is -0.481 e. The molecule has 0 aromatic rings. The van der Waals surface area contributed by atoms with Crippen LogP contribution >= 0.6 is 11.8 Å².